The number of aryl methyl sites for hydroxylation is 1. The molecule has 4 rings (SSSR count). The fourth-order valence-corrected chi connectivity index (χ4v) is 4.16. The van der Waals surface area contributed by atoms with Crippen molar-refractivity contribution in [3.63, 3.8) is 0 Å². The number of rotatable bonds is 4. The van der Waals surface area contributed by atoms with Crippen LogP contribution in [0.25, 0.3) is 10.9 Å². The van der Waals surface area contributed by atoms with Gasteiger partial charge in [-0.1, -0.05) is 12.1 Å². The third kappa shape index (κ3) is 5.44. The van der Waals surface area contributed by atoms with Crippen molar-refractivity contribution in [3.05, 3.63) is 47.5 Å². The van der Waals surface area contributed by atoms with Gasteiger partial charge in [0, 0.05) is 42.8 Å². The number of piperidine rings is 1. The summed E-state index contributed by atoms with van der Waals surface area (Å²) in [5.41, 5.74) is 6.06. The number of aromatic nitrogens is 2. The number of para-hydroxylation sites is 1. The van der Waals surface area contributed by atoms with Gasteiger partial charge in [-0.3, -0.25) is 4.79 Å². The van der Waals surface area contributed by atoms with Crippen LogP contribution < -0.4 is 21.3 Å². The van der Waals surface area contributed by atoms with Crippen LogP contribution in [-0.4, -0.2) is 35.0 Å². The van der Waals surface area contributed by atoms with Gasteiger partial charge in [-0.05, 0) is 49.6 Å². The van der Waals surface area contributed by atoms with E-state index in [1.54, 1.807) is 0 Å². The van der Waals surface area contributed by atoms with E-state index in [1.165, 1.54) is 19.1 Å². The molecule has 11 heteroatoms. The van der Waals surface area contributed by atoms with E-state index in [1.807, 2.05) is 25.1 Å². The zero-order valence-corrected chi connectivity index (χ0v) is 19.6. The molecule has 0 unspecified atom stereocenters. The van der Waals surface area contributed by atoms with Gasteiger partial charge in [0.15, 0.2) is 0 Å². The summed E-state index contributed by atoms with van der Waals surface area (Å²) >= 11 is 0. The average Bonchev–Trinajstić information content (AvgIpc) is 2.74. The summed E-state index contributed by atoms with van der Waals surface area (Å²) < 4.78 is 39.9. The van der Waals surface area contributed by atoms with E-state index in [0.29, 0.717) is 17.9 Å². The van der Waals surface area contributed by atoms with E-state index in [4.69, 9.17) is 5.73 Å². The van der Waals surface area contributed by atoms with Crippen LogP contribution in [0.1, 0.15) is 30.9 Å². The van der Waals surface area contributed by atoms with Crippen molar-refractivity contribution in [1.29, 1.82) is 0 Å². The van der Waals surface area contributed by atoms with Crippen molar-refractivity contribution in [2.75, 3.05) is 29.0 Å². The van der Waals surface area contributed by atoms with Crippen LogP contribution >= 0.6 is 12.4 Å². The van der Waals surface area contributed by atoms with Gasteiger partial charge in [0.2, 0.25) is 11.9 Å². The van der Waals surface area contributed by atoms with E-state index in [2.05, 4.69) is 25.5 Å². The number of nitrogen functional groups attached to an aromatic ring is 1. The quantitative estimate of drug-likeness (QED) is 0.450. The van der Waals surface area contributed by atoms with Crippen LogP contribution in [0.2, 0.25) is 0 Å². The van der Waals surface area contributed by atoms with E-state index < -0.39 is 11.7 Å². The lowest BCUT2D eigenvalue weighted by atomic mass is 10.0. The number of nitrogens with one attached hydrogen (secondary N) is 2. The third-order valence-electron chi connectivity index (χ3n) is 5.65. The molecule has 182 valence electrons. The predicted octanol–water partition coefficient (Wildman–Crippen LogP) is 4.81. The Balaban J connectivity index is 0.00000324. The highest BCUT2D eigenvalue weighted by Gasteiger charge is 2.33. The normalized spacial score (nSPS) is 16.1. The lowest BCUT2D eigenvalue weighted by Gasteiger charge is -2.34. The Morgan fingerprint density at radius 2 is 1.97 bits per heavy atom. The van der Waals surface area contributed by atoms with Gasteiger partial charge >= 0.3 is 6.18 Å². The van der Waals surface area contributed by atoms with Crippen molar-refractivity contribution in [3.8, 4) is 0 Å². The molecule has 0 aliphatic carbocycles. The number of benzene rings is 2. The standard InChI is InChI=1S/C23H25F3N6O.ClH/c1-13-5-3-7-17-20(13)30-22(29-15-8-9-19(27)18(11-15)23(24,25)26)31-21(17)32-10-4-6-16(12-32)28-14(2)33;/h3,5,7-9,11,16H,4,6,10,12,27H2,1-2H3,(H,28,33)(H,29,30,31);1H/t16-;/m1./s1. The second kappa shape index (κ2) is 9.92. The molecule has 0 bridgehead atoms. The highest BCUT2D eigenvalue weighted by molar-refractivity contribution is 5.93. The molecule has 4 N–H and O–H groups in total. The van der Waals surface area contributed by atoms with E-state index >= 15 is 0 Å². The number of amides is 1. The van der Waals surface area contributed by atoms with Gasteiger partial charge in [-0.15, -0.1) is 12.4 Å². The maximum atomic E-state index is 13.3. The number of carbonyl (C=O) groups is 1. The summed E-state index contributed by atoms with van der Waals surface area (Å²) in [4.78, 5) is 22.9. The molecule has 1 amide bonds. The Bertz CT molecular complexity index is 1200. The summed E-state index contributed by atoms with van der Waals surface area (Å²) in [5.74, 6) is 0.774. The first-order valence-electron chi connectivity index (χ1n) is 10.6. The largest absolute Gasteiger partial charge is 0.418 e. The smallest absolute Gasteiger partial charge is 0.398 e. The average molecular weight is 495 g/mol. The Kier molecular flexibility index (Phi) is 7.40. The first-order chi connectivity index (χ1) is 15.6. The number of fused-ring (bicyclic) bond motifs is 1. The van der Waals surface area contributed by atoms with Crippen molar-refractivity contribution >= 4 is 52.4 Å². The number of anilines is 4. The van der Waals surface area contributed by atoms with Crippen molar-refractivity contribution in [2.24, 2.45) is 0 Å². The van der Waals surface area contributed by atoms with Gasteiger partial charge in [0.1, 0.15) is 5.82 Å². The monoisotopic (exact) mass is 494 g/mol. The minimum atomic E-state index is -4.57. The molecule has 1 aromatic heterocycles. The second-order valence-corrected chi connectivity index (χ2v) is 8.25. The molecule has 34 heavy (non-hydrogen) atoms. The molecule has 1 aliphatic rings. The summed E-state index contributed by atoms with van der Waals surface area (Å²) in [6.07, 6.45) is -2.83. The van der Waals surface area contributed by atoms with Gasteiger partial charge in [0.25, 0.3) is 0 Å². The van der Waals surface area contributed by atoms with Crippen LogP contribution in [0, 0.1) is 6.92 Å². The molecule has 0 spiro atoms. The number of halogens is 4. The fraction of sp³-hybridized carbons (Fsp3) is 0.348. The van der Waals surface area contributed by atoms with Crippen molar-refractivity contribution in [1.82, 2.24) is 15.3 Å². The summed E-state index contributed by atoms with van der Waals surface area (Å²) in [6, 6.07) is 9.38. The van der Waals surface area contributed by atoms with E-state index in [9.17, 15) is 18.0 Å². The Morgan fingerprint density at radius 3 is 2.68 bits per heavy atom. The zero-order chi connectivity index (χ0) is 23.8. The number of carbonyl (C=O) groups excluding carboxylic acids is 1. The van der Waals surface area contributed by atoms with Gasteiger partial charge in [-0.25, -0.2) is 4.98 Å². The van der Waals surface area contributed by atoms with Crippen molar-refractivity contribution in [2.45, 2.75) is 38.9 Å². The molecular formula is C23H26ClF3N6O. The van der Waals surface area contributed by atoms with Crippen LogP contribution in [0.15, 0.2) is 36.4 Å². The number of alkyl halides is 3. The van der Waals surface area contributed by atoms with Crippen LogP contribution in [0.3, 0.4) is 0 Å². The molecule has 2 heterocycles. The molecule has 1 fully saturated rings. The fourth-order valence-electron chi connectivity index (χ4n) is 4.16. The molecule has 7 nitrogen and oxygen atoms in total. The lowest BCUT2D eigenvalue weighted by Crippen LogP contribution is -2.47. The zero-order valence-electron chi connectivity index (χ0n) is 18.7. The molecule has 0 saturated carbocycles. The molecule has 1 saturated heterocycles. The Labute approximate surface area is 201 Å². The minimum Gasteiger partial charge on any atom is -0.398 e. The Hall–Kier alpha value is -3.27. The molecule has 1 aliphatic heterocycles. The second-order valence-electron chi connectivity index (χ2n) is 8.25. The highest BCUT2D eigenvalue weighted by Crippen LogP contribution is 2.36. The van der Waals surface area contributed by atoms with Gasteiger partial charge in [-0.2, -0.15) is 18.2 Å². The predicted molar refractivity (Wildman–Crippen MR) is 130 cm³/mol. The number of nitrogens with zero attached hydrogens (tertiary/aromatic N) is 3. The minimum absolute atomic E-state index is 0. The van der Waals surface area contributed by atoms with E-state index in [0.717, 1.165) is 36.4 Å². The van der Waals surface area contributed by atoms with Crippen molar-refractivity contribution < 1.29 is 18.0 Å². The van der Waals surface area contributed by atoms with Gasteiger partial charge in [0.05, 0.1) is 11.1 Å². The van der Waals surface area contributed by atoms with E-state index in [-0.39, 0.29) is 41.7 Å². The lowest BCUT2D eigenvalue weighted by molar-refractivity contribution is -0.136. The van der Waals surface area contributed by atoms with Gasteiger partial charge < -0.3 is 21.3 Å². The number of nitrogens with two attached hydrogens (primary N) is 1. The van der Waals surface area contributed by atoms with Crippen LogP contribution in [0.5, 0.6) is 0 Å². The van der Waals surface area contributed by atoms with Crippen LogP contribution in [-0.2, 0) is 11.0 Å². The maximum Gasteiger partial charge on any atom is 0.418 e. The first-order valence-corrected chi connectivity index (χ1v) is 10.6. The molecular weight excluding hydrogens is 469 g/mol. The summed E-state index contributed by atoms with van der Waals surface area (Å²) in [6.45, 7) is 4.74. The third-order valence-corrected chi connectivity index (χ3v) is 5.65. The maximum absolute atomic E-state index is 13.3. The molecule has 0 radical (unpaired) electrons. The number of hydrogen-bond donors (Lipinski definition) is 3. The summed E-state index contributed by atoms with van der Waals surface area (Å²) in [7, 11) is 0. The number of hydrogen-bond acceptors (Lipinski definition) is 6. The summed E-state index contributed by atoms with van der Waals surface area (Å²) in [5, 5.41) is 6.72. The molecule has 1 atom stereocenters. The molecule has 3 aromatic rings. The van der Waals surface area contributed by atoms with Crippen LogP contribution in [0.4, 0.5) is 36.3 Å². The molecule has 2 aromatic carbocycles. The first kappa shape index (κ1) is 25.4. The topological polar surface area (TPSA) is 96.2 Å². The highest BCUT2D eigenvalue weighted by atomic mass is 35.5. The Morgan fingerprint density at radius 1 is 1.21 bits per heavy atom. The SMILES string of the molecule is CC(=O)N[C@@H]1CCCN(c2nc(Nc3ccc(N)c(C(F)(F)F)c3)nc3c(C)cccc23)C1.Cl.